The summed E-state index contributed by atoms with van der Waals surface area (Å²) in [6.07, 6.45) is 15.4. The summed E-state index contributed by atoms with van der Waals surface area (Å²) < 4.78 is 34.5. The molecule has 0 aliphatic carbocycles. The molecule has 0 fully saturated rings. The minimum absolute atomic E-state index is 0.0301. The Morgan fingerprint density at radius 2 is 1.32 bits per heavy atom. The van der Waals surface area contributed by atoms with Crippen LogP contribution in [0.4, 0.5) is 0 Å². The van der Waals surface area contributed by atoms with E-state index in [0.29, 0.717) is 6.42 Å². The first-order valence-electron chi connectivity index (χ1n) is 8.24. The lowest BCUT2D eigenvalue weighted by Gasteiger charge is -2.06. The van der Waals surface area contributed by atoms with Gasteiger partial charge in [0.2, 0.25) is 10.4 Å². The molecule has 0 aromatic carbocycles. The number of aromatic amines is 1. The molecule has 0 aliphatic heterocycles. The molecule has 1 N–H and O–H groups in total. The van der Waals surface area contributed by atoms with Crippen LogP contribution in [0, 0.1) is 0 Å². The molecule has 0 amide bonds. The standard InChI is InChI=1S/C12H26O4S.C4H5N/c1-2-3-4-5-6-7-8-9-10-11-12-16-17(13,14)15;1-2-4-5-3-1/h2-12H2,1H3,(H,13,14,15);1-5H/p-1. The van der Waals surface area contributed by atoms with Gasteiger partial charge in [0, 0.05) is 12.4 Å². The SMILES string of the molecule is CCCCCCCCCCCCOS(=O)(=O)[O-].c1cc[nH]c1. The number of rotatable bonds is 12. The molecule has 0 spiro atoms. The maximum absolute atomic E-state index is 10.1. The molecule has 0 aliphatic rings. The van der Waals surface area contributed by atoms with E-state index in [2.05, 4.69) is 16.1 Å². The molecule has 0 saturated heterocycles. The van der Waals surface area contributed by atoms with E-state index in [1.165, 1.54) is 44.9 Å². The number of aromatic nitrogens is 1. The summed E-state index contributed by atoms with van der Waals surface area (Å²) in [6, 6.07) is 3.89. The fourth-order valence-electron chi connectivity index (χ4n) is 2.03. The van der Waals surface area contributed by atoms with Crippen LogP contribution >= 0.6 is 0 Å². The van der Waals surface area contributed by atoms with Gasteiger partial charge in [0.25, 0.3) is 0 Å². The first-order chi connectivity index (χ1) is 10.6. The van der Waals surface area contributed by atoms with E-state index in [9.17, 15) is 13.0 Å². The van der Waals surface area contributed by atoms with Crippen molar-refractivity contribution >= 4 is 10.4 Å². The second kappa shape index (κ2) is 15.1. The molecule has 0 radical (unpaired) electrons. The zero-order valence-corrected chi connectivity index (χ0v) is 14.4. The molecule has 1 heterocycles. The normalized spacial score (nSPS) is 11.0. The van der Waals surface area contributed by atoms with Crippen molar-refractivity contribution in [3.63, 3.8) is 0 Å². The Morgan fingerprint density at radius 1 is 0.864 bits per heavy atom. The Bertz CT molecular complexity index is 387. The minimum Gasteiger partial charge on any atom is -0.726 e. The lowest BCUT2D eigenvalue weighted by molar-refractivity contribution is 0.255. The second-order valence-electron chi connectivity index (χ2n) is 5.30. The van der Waals surface area contributed by atoms with Crippen LogP contribution in [0.2, 0.25) is 0 Å². The predicted octanol–water partition coefficient (Wildman–Crippen LogP) is 4.40. The first kappa shape index (κ1) is 21.1. The highest BCUT2D eigenvalue weighted by Crippen LogP contribution is 2.10. The predicted molar refractivity (Wildman–Crippen MR) is 88.3 cm³/mol. The highest BCUT2D eigenvalue weighted by Gasteiger charge is 1.95. The quantitative estimate of drug-likeness (QED) is 0.349. The molecule has 5 nitrogen and oxygen atoms in total. The molecule has 0 bridgehead atoms. The van der Waals surface area contributed by atoms with Gasteiger partial charge >= 0.3 is 0 Å². The summed E-state index contributed by atoms with van der Waals surface area (Å²) in [4.78, 5) is 2.86. The average molecular weight is 332 g/mol. The van der Waals surface area contributed by atoms with Crippen LogP contribution in [0.3, 0.4) is 0 Å². The second-order valence-corrected chi connectivity index (χ2v) is 6.35. The van der Waals surface area contributed by atoms with E-state index in [-0.39, 0.29) is 6.61 Å². The van der Waals surface area contributed by atoms with Crippen molar-refractivity contribution < 1.29 is 17.2 Å². The first-order valence-corrected chi connectivity index (χ1v) is 9.57. The van der Waals surface area contributed by atoms with Gasteiger partial charge in [-0.2, -0.15) is 0 Å². The summed E-state index contributed by atoms with van der Waals surface area (Å²) in [5.74, 6) is 0. The number of unbranched alkanes of at least 4 members (excludes halogenated alkanes) is 9. The van der Waals surface area contributed by atoms with E-state index >= 15 is 0 Å². The summed E-state index contributed by atoms with van der Waals surface area (Å²) in [7, 11) is -4.48. The van der Waals surface area contributed by atoms with Gasteiger partial charge < -0.3 is 9.54 Å². The zero-order chi connectivity index (χ0) is 16.5. The lowest BCUT2D eigenvalue weighted by Crippen LogP contribution is -2.05. The number of nitrogens with one attached hydrogen (secondary N) is 1. The summed E-state index contributed by atoms with van der Waals surface area (Å²) >= 11 is 0. The van der Waals surface area contributed by atoms with Crippen molar-refractivity contribution in [2.24, 2.45) is 0 Å². The highest BCUT2D eigenvalue weighted by molar-refractivity contribution is 7.80. The maximum Gasteiger partial charge on any atom is 0.217 e. The van der Waals surface area contributed by atoms with E-state index in [1.54, 1.807) is 0 Å². The zero-order valence-electron chi connectivity index (χ0n) is 13.6. The van der Waals surface area contributed by atoms with Gasteiger partial charge in [0.1, 0.15) is 0 Å². The van der Waals surface area contributed by atoms with Crippen LogP contribution in [0.25, 0.3) is 0 Å². The molecule has 130 valence electrons. The Balaban J connectivity index is 0.000000734. The molecule has 0 atom stereocenters. The third-order valence-electron chi connectivity index (χ3n) is 3.22. The van der Waals surface area contributed by atoms with Crippen LogP contribution in [0.1, 0.15) is 71.1 Å². The summed E-state index contributed by atoms with van der Waals surface area (Å²) in [6.45, 7) is 2.24. The van der Waals surface area contributed by atoms with Crippen LogP contribution in [-0.2, 0) is 14.6 Å². The average Bonchev–Trinajstić information content (AvgIpc) is 3.03. The largest absolute Gasteiger partial charge is 0.726 e. The maximum atomic E-state index is 10.1. The molecule has 1 aromatic rings. The summed E-state index contributed by atoms with van der Waals surface area (Å²) in [5, 5.41) is 0. The van der Waals surface area contributed by atoms with E-state index in [1.807, 2.05) is 24.5 Å². The van der Waals surface area contributed by atoms with Crippen LogP contribution < -0.4 is 0 Å². The van der Waals surface area contributed by atoms with Crippen molar-refractivity contribution in [2.75, 3.05) is 6.61 Å². The Hall–Kier alpha value is -0.850. The molecule has 1 rings (SSSR count). The third-order valence-corrected chi connectivity index (χ3v) is 3.68. The summed E-state index contributed by atoms with van der Waals surface area (Å²) in [5.41, 5.74) is 0. The molecule has 6 heteroatoms. The van der Waals surface area contributed by atoms with E-state index in [0.717, 1.165) is 12.8 Å². The Kier molecular flexibility index (Phi) is 14.5. The van der Waals surface area contributed by atoms with Crippen LogP contribution in [0.15, 0.2) is 24.5 Å². The van der Waals surface area contributed by atoms with Crippen molar-refractivity contribution in [3.8, 4) is 0 Å². The van der Waals surface area contributed by atoms with Gasteiger partial charge in [-0.15, -0.1) is 0 Å². The monoisotopic (exact) mass is 332 g/mol. The van der Waals surface area contributed by atoms with Crippen molar-refractivity contribution in [1.82, 2.24) is 4.98 Å². The van der Waals surface area contributed by atoms with E-state index < -0.39 is 10.4 Å². The fraction of sp³-hybridized carbons (Fsp3) is 0.750. The van der Waals surface area contributed by atoms with Gasteiger partial charge in [0.05, 0.1) is 6.61 Å². The fourth-order valence-corrected chi connectivity index (χ4v) is 2.35. The lowest BCUT2D eigenvalue weighted by atomic mass is 10.1. The number of hydrogen-bond donors (Lipinski definition) is 1. The van der Waals surface area contributed by atoms with Crippen molar-refractivity contribution in [2.45, 2.75) is 71.1 Å². The van der Waals surface area contributed by atoms with Crippen LogP contribution in [0.5, 0.6) is 0 Å². The Morgan fingerprint density at radius 3 is 1.68 bits per heavy atom. The molecular weight excluding hydrogens is 302 g/mol. The van der Waals surface area contributed by atoms with Gasteiger partial charge in [-0.1, -0.05) is 64.7 Å². The number of H-pyrrole nitrogens is 1. The van der Waals surface area contributed by atoms with Crippen molar-refractivity contribution in [1.29, 1.82) is 0 Å². The van der Waals surface area contributed by atoms with E-state index in [4.69, 9.17) is 0 Å². The smallest absolute Gasteiger partial charge is 0.217 e. The van der Waals surface area contributed by atoms with Crippen LogP contribution in [-0.4, -0.2) is 24.6 Å². The van der Waals surface area contributed by atoms with Gasteiger partial charge in [-0.05, 0) is 18.6 Å². The Labute approximate surface area is 135 Å². The third kappa shape index (κ3) is 19.1. The molecule has 22 heavy (non-hydrogen) atoms. The number of hydrogen-bond acceptors (Lipinski definition) is 4. The van der Waals surface area contributed by atoms with Crippen molar-refractivity contribution in [3.05, 3.63) is 24.5 Å². The molecule has 1 aromatic heterocycles. The topological polar surface area (TPSA) is 82.2 Å². The van der Waals surface area contributed by atoms with Gasteiger partial charge in [-0.25, -0.2) is 8.42 Å². The minimum atomic E-state index is -4.48. The molecule has 0 unspecified atom stereocenters. The molecule has 0 saturated carbocycles. The van der Waals surface area contributed by atoms with Gasteiger partial charge in [0.15, 0.2) is 0 Å². The highest BCUT2D eigenvalue weighted by atomic mass is 32.3. The van der Waals surface area contributed by atoms with Gasteiger partial charge in [-0.3, -0.25) is 4.18 Å². The molecular formula is C16H30NO4S-.